The van der Waals surface area contributed by atoms with Gasteiger partial charge in [0.05, 0.1) is 5.52 Å². The van der Waals surface area contributed by atoms with Crippen LogP contribution in [0.3, 0.4) is 0 Å². The first-order chi connectivity index (χ1) is 14.6. The van der Waals surface area contributed by atoms with Crippen molar-refractivity contribution < 1.29 is 4.79 Å². The Labute approximate surface area is 173 Å². The number of nitrogen functional groups attached to an aromatic ring is 1. The highest BCUT2D eigenvalue weighted by Crippen LogP contribution is 2.44. The maximum Gasteiger partial charge on any atom is 0.243 e. The van der Waals surface area contributed by atoms with E-state index >= 15 is 0 Å². The summed E-state index contributed by atoms with van der Waals surface area (Å²) in [5, 5.41) is 8.61. The lowest BCUT2D eigenvalue weighted by Gasteiger charge is -2.28. The monoisotopic (exact) mass is 398 g/mol. The number of rotatable bonds is 3. The van der Waals surface area contributed by atoms with Crippen LogP contribution in [0.25, 0.3) is 27.5 Å². The first-order valence-electron chi connectivity index (χ1n) is 9.99. The largest absolute Gasteiger partial charge is 0.382 e. The van der Waals surface area contributed by atoms with Gasteiger partial charge in [0.25, 0.3) is 0 Å². The first-order valence-corrected chi connectivity index (χ1v) is 9.99. The minimum atomic E-state index is -0.162. The van der Waals surface area contributed by atoms with E-state index in [4.69, 9.17) is 5.73 Å². The predicted molar refractivity (Wildman–Crippen MR) is 117 cm³/mol. The van der Waals surface area contributed by atoms with E-state index in [1.54, 1.807) is 0 Å². The van der Waals surface area contributed by atoms with Gasteiger partial charge in [0.2, 0.25) is 5.91 Å². The van der Waals surface area contributed by atoms with E-state index in [1.807, 2.05) is 28.9 Å². The second-order valence-electron chi connectivity index (χ2n) is 7.81. The summed E-state index contributed by atoms with van der Waals surface area (Å²) in [6.45, 7) is 5.73. The number of anilines is 1. The predicted octanol–water partition coefficient (Wildman–Crippen LogP) is 3.25. The Balaban J connectivity index is 1.74. The highest BCUT2D eigenvalue weighted by atomic mass is 16.1. The lowest BCUT2D eigenvalue weighted by molar-refractivity contribution is -0.117. The number of amides is 1. The fraction of sp³-hybridized carbons (Fsp3) is 0.217. The minimum absolute atomic E-state index is 0.00914. The van der Waals surface area contributed by atoms with E-state index in [2.05, 4.69) is 46.0 Å². The number of pyridine rings is 1. The molecule has 150 valence electrons. The van der Waals surface area contributed by atoms with Crippen molar-refractivity contribution in [2.45, 2.75) is 31.7 Å². The highest BCUT2D eigenvalue weighted by Gasteiger charge is 2.33. The molecule has 1 amide bonds. The molecule has 0 radical (unpaired) electrons. The van der Waals surface area contributed by atoms with Crippen LogP contribution in [0.15, 0.2) is 55.5 Å². The van der Waals surface area contributed by atoms with E-state index in [0.717, 1.165) is 39.7 Å². The fourth-order valence-electron chi connectivity index (χ4n) is 4.65. The SMILES string of the molecule is C=CC(=O)N[C@@H]1Cc2c(c(-c3cnc4ccccc4c3)c3c(N)ncnn23)[C@@H](C)C1. The second kappa shape index (κ2) is 6.95. The third-order valence-corrected chi connectivity index (χ3v) is 5.87. The number of nitrogens with two attached hydrogens (primary N) is 1. The third-order valence-electron chi connectivity index (χ3n) is 5.87. The zero-order chi connectivity index (χ0) is 20.8. The van der Waals surface area contributed by atoms with Crippen LogP contribution < -0.4 is 11.1 Å². The smallest absolute Gasteiger partial charge is 0.243 e. The van der Waals surface area contributed by atoms with Gasteiger partial charge in [0.15, 0.2) is 5.82 Å². The van der Waals surface area contributed by atoms with E-state index in [1.165, 1.54) is 18.0 Å². The molecule has 0 unspecified atom stereocenters. The van der Waals surface area contributed by atoms with Crippen LogP contribution in [0.4, 0.5) is 5.82 Å². The Morgan fingerprint density at radius 3 is 3.00 bits per heavy atom. The normalized spacial score (nSPS) is 18.3. The molecule has 4 aromatic rings. The molecule has 5 rings (SSSR count). The molecule has 0 fully saturated rings. The number of nitrogens with one attached hydrogen (secondary N) is 1. The Morgan fingerprint density at radius 1 is 1.33 bits per heavy atom. The molecule has 3 aromatic heterocycles. The van der Waals surface area contributed by atoms with Gasteiger partial charge in [-0.2, -0.15) is 5.10 Å². The summed E-state index contributed by atoms with van der Waals surface area (Å²) in [5.41, 5.74) is 12.3. The molecule has 3 heterocycles. The number of aromatic nitrogens is 4. The van der Waals surface area contributed by atoms with Gasteiger partial charge in [-0.1, -0.05) is 31.7 Å². The molecule has 30 heavy (non-hydrogen) atoms. The van der Waals surface area contributed by atoms with Crippen molar-refractivity contribution in [3.8, 4) is 11.1 Å². The molecule has 0 aliphatic heterocycles. The van der Waals surface area contributed by atoms with Gasteiger partial charge in [0.1, 0.15) is 11.8 Å². The molecule has 1 aliphatic carbocycles. The number of hydrogen-bond donors (Lipinski definition) is 2. The molecule has 0 saturated carbocycles. The van der Waals surface area contributed by atoms with Crippen LogP contribution in [-0.4, -0.2) is 31.5 Å². The van der Waals surface area contributed by atoms with Gasteiger partial charge in [-0.3, -0.25) is 9.78 Å². The fourth-order valence-corrected chi connectivity index (χ4v) is 4.65. The van der Waals surface area contributed by atoms with Gasteiger partial charge in [-0.25, -0.2) is 9.50 Å². The van der Waals surface area contributed by atoms with Crippen LogP contribution >= 0.6 is 0 Å². The summed E-state index contributed by atoms with van der Waals surface area (Å²) in [5.74, 6) is 0.470. The van der Waals surface area contributed by atoms with Crippen molar-refractivity contribution in [2.75, 3.05) is 5.73 Å². The minimum Gasteiger partial charge on any atom is -0.382 e. The molecule has 3 N–H and O–H groups in total. The molecule has 7 nitrogen and oxygen atoms in total. The summed E-state index contributed by atoms with van der Waals surface area (Å²) in [6.07, 6.45) is 6.16. The first kappa shape index (κ1) is 18.3. The zero-order valence-corrected chi connectivity index (χ0v) is 16.7. The Morgan fingerprint density at radius 2 is 2.17 bits per heavy atom. The maximum absolute atomic E-state index is 11.9. The molecule has 0 bridgehead atoms. The van der Waals surface area contributed by atoms with Crippen LogP contribution in [-0.2, 0) is 11.2 Å². The number of carbonyl (C=O) groups excluding carboxylic acids is 1. The summed E-state index contributed by atoms with van der Waals surface area (Å²) < 4.78 is 1.88. The third kappa shape index (κ3) is 2.82. The van der Waals surface area contributed by atoms with E-state index in [9.17, 15) is 4.79 Å². The molecular weight excluding hydrogens is 376 g/mol. The van der Waals surface area contributed by atoms with Crippen LogP contribution in [0, 0.1) is 0 Å². The summed E-state index contributed by atoms with van der Waals surface area (Å²) in [4.78, 5) is 20.8. The second-order valence-corrected chi connectivity index (χ2v) is 7.81. The molecule has 1 aliphatic rings. The average molecular weight is 398 g/mol. The number of benzene rings is 1. The summed E-state index contributed by atoms with van der Waals surface area (Å²) in [7, 11) is 0. The summed E-state index contributed by atoms with van der Waals surface area (Å²) >= 11 is 0. The van der Waals surface area contributed by atoms with Crippen molar-refractivity contribution in [2.24, 2.45) is 0 Å². The molecule has 0 saturated heterocycles. The van der Waals surface area contributed by atoms with E-state index in [0.29, 0.717) is 12.2 Å². The van der Waals surface area contributed by atoms with E-state index in [-0.39, 0.29) is 17.9 Å². The number of para-hydroxylation sites is 1. The van der Waals surface area contributed by atoms with Crippen LogP contribution in [0.5, 0.6) is 0 Å². The van der Waals surface area contributed by atoms with Crippen LogP contribution in [0.2, 0.25) is 0 Å². The Bertz CT molecular complexity index is 1310. The maximum atomic E-state index is 11.9. The van der Waals surface area contributed by atoms with Crippen molar-refractivity contribution >= 4 is 28.1 Å². The topological polar surface area (TPSA) is 98.2 Å². The Kier molecular flexibility index (Phi) is 4.24. The van der Waals surface area contributed by atoms with Crippen molar-refractivity contribution in [3.63, 3.8) is 0 Å². The number of hydrogen-bond acceptors (Lipinski definition) is 5. The van der Waals surface area contributed by atoms with Gasteiger partial charge < -0.3 is 11.1 Å². The standard InChI is InChI=1S/C23H22N6O/c1-3-19(30)28-16-8-13(2)20-18(10-16)29-22(23(24)26-12-27-29)21(20)15-9-14-6-4-5-7-17(14)25-11-15/h3-7,9,11-13,16H,1,8,10H2,2H3,(H,28,30)(H2,24,26,27)/t13-,16-/m0/s1. The molecule has 7 heteroatoms. The Hall–Kier alpha value is -3.74. The van der Waals surface area contributed by atoms with Gasteiger partial charge in [-0.05, 0) is 36.1 Å². The number of fused-ring (bicyclic) bond motifs is 4. The highest BCUT2D eigenvalue weighted by molar-refractivity contribution is 5.94. The van der Waals surface area contributed by atoms with Crippen molar-refractivity contribution in [1.82, 2.24) is 24.9 Å². The number of nitrogens with zero attached hydrogens (tertiary/aromatic N) is 4. The quantitative estimate of drug-likeness (QED) is 0.516. The zero-order valence-electron chi connectivity index (χ0n) is 16.7. The van der Waals surface area contributed by atoms with Gasteiger partial charge in [0, 0.05) is 40.9 Å². The van der Waals surface area contributed by atoms with Crippen molar-refractivity contribution in [3.05, 3.63) is 66.8 Å². The molecule has 0 spiro atoms. The molecule has 2 atom stereocenters. The van der Waals surface area contributed by atoms with Crippen LogP contribution in [0.1, 0.15) is 30.5 Å². The number of carbonyl (C=O) groups is 1. The van der Waals surface area contributed by atoms with Crippen molar-refractivity contribution in [1.29, 1.82) is 0 Å². The van der Waals surface area contributed by atoms with Gasteiger partial charge >= 0.3 is 0 Å². The van der Waals surface area contributed by atoms with Gasteiger partial charge in [-0.15, -0.1) is 0 Å². The van der Waals surface area contributed by atoms with E-state index < -0.39 is 0 Å². The average Bonchev–Trinajstić information content (AvgIpc) is 3.09. The lowest BCUT2D eigenvalue weighted by Crippen LogP contribution is -2.39. The summed E-state index contributed by atoms with van der Waals surface area (Å²) in [6, 6.07) is 10.2. The molecule has 1 aromatic carbocycles. The lowest BCUT2D eigenvalue weighted by atomic mass is 9.81. The molecular formula is C23H22N6O.